The highest BCUT2D eigenvalue weighted by Crippen LogP contribution is 2.62. The summed E-state index contributed by atoms with van der Waals surface area (Å²) in [4.78, 5) is 0. The molecule has 6 atom stereocenters. The first kappa shape index (κ1) is 20.9. The molecule has 2 rings (SSSR count). The molecule has 1 spiro atoms. The van der Waals surface area contributed by atoms with Crippen LogP contribution in [0.25, 0.3) is 0 Å². The van der Waals surface area contributed by atoms with Crippen molar-refractivity contribution in [2.24, 2.45) is 17.3 Å². The number of thioether (sulfide) groups is 2. The second-order valence-electron chi connectivity index (χ2n) is 6.57. The topological polar surface area (TPSA) is 0 Å². The van der Waals surface area contributed by atoms with Crippen LogP contribution in [0.5, 0.6) is 0 Å². The monoisotopic (exact) mass is 424 g/mol. The molecular formula is C17H28S6. The molecule has 0 nitrogen and oxygen atoms in total. The lowest BCUT2D eigenvalue weighted by atomic mass is 9.81. The molecule has 0 aromatic carbocycles. The van der Waals surface area contributed by atoms with E-state index in [1.54, 1.807) is 0 Å². The van der Waals surface area contributed by atoms with E-state index in [4.69, 9.17) is 50.5 Å². The van der Waals surface area contributed by atoms with Crippen molar-refractivity contribution >= 4 is 74.0 Å². The molecule has 0 aromatic rings. The van der Waals surface area contributed by atoms with Gasteiger partial charge in [0.1, 0.15) is 0 Å². The zero-order valence-electron chi connectivity index (χ0n) is 13.4. The molecule has 0 N–H and O–H groups in total. The van der Waals surface area contributed by atoms with E-state index in [9.17, 15) is 0 Å². The SMILES string of the molecule is C=CCSCC1CC(S)C2(C(S)CC(CSCC=C)C2S)C1S. The van der Waals surface area contributed by atoms with Crippen molar-refractivity contribution < 1.29 is 0 Å². The molecule has 2 saturated carbocycles. The quantitative estimate of drug-likeness (QED) is 0.245. The third-order valence-electron chi connectivity index (χ3n) is 5.26. The van der Waals surface area contributed by atoms with E-state index >= 15 is 0 Å². The summed E-state index contributed by atoms with van der Waals surface area (Å²) in [5, 5.41) is 1.36. The summed E-state index contributed by atoms with van der Waals surface area (Å²) in [6, 6.07) is 0. The van der Waals surface area contributed by atoms with Crippen molar-refractivity contribution in [1.82, 2.24) is 0 Å². The lowest BCUT2D eigenvalue weighted by molar-refractivity contribution is 0.332. The van der Waals surface area contributed by atoms with Crippen LogP contribution in [0.15, 0.2) is 25.3 Å². The standard InChI is InChI=1S/C17H28S6/c1-3-5-22-9-11-7-13(18)17(15(11)20)14(19)8-12(16(17)21)10-23-6-4-2/h3-4,11-16,18-21H,1-2,5-10H2. The lowest BCUT2D eigenvalue weighted by Crippen LogP contribution is -2.47. The van der Waals surface area contributed by atoms with E-state index in [1.165, 1.54) is 0 Å². The minimum absolute atomic E-state index is 0.0389. The van der Waals surface area contributed by atoms with Crippen LogP contribution in [0.3, 0.4) is 0 Å². The van der Waals surface area contributed by atoms with Crippen LogP contribution in [-0.4, -0.2) is 44.0 Å². The smallest absolute Gasteiger partial charge is 0.0174 e. The van der Waals surface area contributed by atoms with Gasteiger partial charge in [-0.3, -0.25) is 0 Å². The zero-order valence-corrected chi connectivity index (χ0v) is 18.6. The van der Waals surface area contributed by atoms with Gasteiger partial charge in [-0.25, -0.2) is 0 Å². The largest absolute Gasteiger partial charge is 0.175 e. The summed E-state index contributed by atoms with van der Waals surface area (Å²) in [6.45, 7) is 7.62. The first-order chi connectivity index (χ1) is 11.0. The van der Waals surface area contributed by atoms with Gasteiger partial charge in [-0.05, 0) is 36.2 Å². The lowest BCUT2D eigenvalue weighted by Gasteiger charge is -2.41. The van der Waals surface area contributed by atoms with Gasteiger partial charge in [0.25, 0.3) is 0 Å². The summed E-state index contributed by atoms with van der Waals surface area (Å²) in [5.74, 6) is 5.48. The van der Waals surface area contributed by atoms with Crippen molar-refractivity contribution in [3.63, 3.8) is 0 Å². The average molecular weight is 425 g/mol. The van der Waals surface area contributed by atoms with E-state index in [-0.39, 0.29) is 5.41 Å². The van der Waals surface area contributed by atoms with Crippen molar-refractivity contribution in [3.05, 3.63) is 25.3 Å². The Morgan fingerprint density at radius 1 is 0.826 bits per heavy atom. The normalized spacial score (nSPS) is 43.1. The Bertz CT molecular complexity index is 374. The van der Waals surface area contributed by atoms with E-state index in [0.717, 1.165) is 35.9 Å². The zero-order chi connectivity index (χ0) is 17.0. The fourth-order valence-electron chi connectivity index (χ4n) is 4.17. The van der Waals surface area contributed by atoms with Gasteiger partial charge < -0.3 is 0 Å². The van der Waals surface area contributed by atoms with Crippen LogP contribution in [0.4, 0.5) is 0 Å². The Morgan fingerprint density at radius 2 is 1.22 bits per heavy atom. The molecule has 2 fully saturated rings. The Kier molecular flexibility index (Phi) is 8.62. The third kappa shape index (κ3) is 4.13. The van der Waals surface area contributed by atoms with E-state index in [0.29, 0.717) is 32.8 Å². The second-order valence-corrected chi connectivity index (χ2v) is 11.1. The van der Waals surface area contributed by atoms with Crippen LogP contribution < -0.4 is 0 Å². The van der Waals surface area contributed by atoms with Gasteiger partial charge in [-0.1, -0.05) is 12.2 Å². The minimum atomic E-state index is 0.0389. The summed E-state index contributed by atoms with van der Waals surface area (Å²) in [6.07, 6.45) is 6.21. The Hall–Kier alpha value is 1.58. The van der Waals surface area contributed by atoms with Gasteiger partial charge >= 0.3 is 0 Å². The van der Waals surface area contributed by atoms with Crippen LogP contribution in [0.1, 0.15) is 12.8 Å². The highest BCUT2D eigenvalue weighted by Gasteiger charge is 2.63. The fourth-order valence-corrected chi connectivity index (χ4v) is 10.1. The number of rotatable bonds is 8. The van der Waals surface area contributed by atoms with Crippen molar-refractivity contribution in [2.75, 3.05) is 23.0 Å². The molecule has 6 unspecified atom stereocenters. The van der Waals surface area contributed by atoms with Crippen LogP contribution in [-0.2, 0) is 0 Å². The van der Waals surface area contributed by atoms with Gasteiger partial charge in [0, 0.05) is 37.9 Å². The number of hydrogen-bond acceptors (Lipinski definition) is 6. The average Bonchev–Trinajstić information content (AvgIpc) is 2.92. The molecule has 0 bridgehead atoms. The van der Waals surface area contributed by atoms with Gasteiger partial charge in [0.2, 0.25) is 0 Å². The predicted molar refractivity (Wildman–Crippen MR) is 125 cm³/mol. The Morgan fingerprint density at radius 3 is 1.57 bits per heavy atom. The molecule has 2 aliphatic rings. The van der Waals surface area contributed by atoms with Crippen LogP contribution >= 0.6 is 74.0 Å². The highest BCUT2D eigenvalue weighted by atomic mass is 32.2. The predicted octanol–water partition coefficient (Wildman–Crippen LogP) is 5.04. The third-order valence-corrected chi connectivity index (χ3v) is 10.6. The fraction of sp³-hybridized carbons (Fsp3) is 0.765. The van der Waals surface area contributed by atoms with Crippen LogP contribution in [0.2, 0.25) is 0 Å². The van der Waals surface area contributed by atoms with Gasteiger partial charge in [-0.2, -0.15) is 74.0 Å². The molecule has 6 heteroatoms. The highest BCUT2D eigenvalue weighted by molar-refractivity contribution is 7.99. The number of hydrogen-bond donors (Lipinski definition) is 4. The molecular weight excluding hydrogens is 397 g/mol. The molecule has 0 aromatic heterocycles. The van der Waals surface area contributed by atoms with Crippen molar-refractivity contribution in [2.45, 2.75) is 33.8 Å². The maximum atomic E-state index is 5.09. The second kappa shape index (κ2) is 9.50. The first-order valence-electron chi connectivity index (χ1n) is 8.09. The van der Waals surface area contributed by atoms with E-state index in [1.807, 2.05) is 35.7 Å². The van der Waals surface area contributed by atoms with Crippen molar-refractivity contribution in [1.29, 1.82) is 0 Å². The molecule has 0 aliphatic heterocycles. The van der Waals surface area contributed by atoms with Gasteiger partial charge in [0.15, 0.2) is 0 Å². The molecule has 2 aliphatic carbocycles. The maximum Gasteiger partial charge on any atom is 0.0174 e. The summed E-state index contributed by atoms with van der Waals surface area (Å²) in [5.41, 5.74) is 0.0389. The van der Waals surface area contributed by atoms with Crippen molar-refractivity contribution in [3.8, 4) is 0 Å². The molecule has 0 saturated heterocycles. The van der Waals surface area contributed by atoms with E-state index in [2.05, 4.69) is 13.2 Å². The molecule has 0 heterocycles. The minimum Gasteiger partial charge on any atom is -0.175 e. The summed E-state index contributed by atoms with van der Waals surface area (Å²) < 4.78 is 0. The van der Waals surface area contributed by atoms with E-state index < -0.39 is 0 Å². The van der Waals surface area contributed by atoms with Gasteiger partial charge in [0.05, 0.1) is 0 Å². The molecule has 0 radical (unpaired) electrons. The first-order valence-corrected chi connectivity index (χ1v) is 12.5. The Balaban J connectivity index is 2.09. The molecule has 132 valence electrons. The Labute approximate surface area is 172 Å². The summed E-state index contributed by atoms with van der Waals surface area (Å²) >= 11 is 24.1. The number of thiol groups is 4. The molecule has 23 heavy (non-hydrogen) atoms. The van der Waals surface area contributed by atoms with Gasteiger partial charge in [-0.15, -0.1) is 13.2 Å². The molecule has 0 amide bonds. The maximum absolute atomic E-state index is 5.09. The summed E-state index contributed by atoms with van der Waals surface area (Å²) in [7, 11) is 0. The van der Waals surface area contributed by atoms with Crippen LogP contribution in [0, 0.1) is 17.3 Å².